The van der Waals surface area contributed by atoms with E-state index in [1.807, 2.05) is 12.1 Å². The van der Waals surface area contributed by atoms with E-state index >= 15 is 0 Å². The van der Waals surface area contributed by atoms with E-state index in [4.69, 9.17) is 0 Å². The van der Waals surface area contributed by atoms with E-state index in [1.165, 1.54) is 13.2 Å². The Morgan fingerprint density at radius 2 is 1.83 bits per heavy atom. The minimum absolute atomic E-state index is 0.205. The Morgan fingerprint density at radius 1 is 1.17 bits per heavy atom. The number of rotatable bonds is 2. The van der Waals surface area contributed by atoms with Crippen molar-refractivity contribution in [1.29, 1.82) is 0 Å². The van der Waals surface area contributed by atoms with Crippen LogP contribution in [0.15, 0.2) is 46.9 Å². The lowest BCUT2D eigenvalue weighted by atomic mass is 10.0. The van der Waals surface area contributed by atoms with Crippen LogP contribution in [0.4, 0.5) is 4.39 Å². The fourth-order valence-electron chi connectivity index (χ4n) is 1.62. The van der Waals surface area contributed by atoms with E-state index < -0.39 is 11.8 Å². The number of esters is 1. The Bertz CT molecular complexity index is 579. The quantitative estimate of drug-likeness (QED) is 0.783. The number of halogens is 2. The molecule has 0 radical (unpaired) electrons. The molecule has 92 valence electrons. The zero-order chi connectivity index (χ0) is 13.1. The molecule has 0 N–H and O–H groups in total. The lowest BCUT2D eigenvalue weighted by molar-refractivity contribution is 0.0600. The molecule has 0 saturated carbocycles. The SMILES string of the molecule is COC(=O)c1ccc(-c2ccc(Br)cc2)c(F)c1. The van der Waals surface area contributed by atoms with Crippen LogP contribution in [0.2, 0.25) is 0 Å². The molecule has 2 nitrogen and oxygen atoms in total. The highest BCUT2D eigenvalue weighted by molar-refractivity contribution is 9.10. The zero-order valence-corrected chi connectivity index (χ0v) is 11.2. The molecule has 2 aromatic rings. The van der Waals surface area contributed by atoms with E-state index in [-0.39, 0.29) is 5.56 Å². The van der Waals surface area contributed by atoms with Crippen LogP contribution in [0.1, 0.15) is 10.4 Å². The lowest BCUT2D eigenvalue weighted by Gasteiger charge is -2.05. The van der Waals surface area contributed by atoms with Crippen LogP contribution in [0.5, 0.6) is 0 Å². The third kappa shape index (κ3) is 2.59. The summed E-state index contributed by atoms with van der Waals surface area (Å²) in [4.78, 5) is 11.3. The number of hydrogen-bond acceptors (Lipinski definition) is 2. The summed E-state index contributed by atoms with van der Waals surface area (Å²) in [7, 11) is 1.27. The lowest BCUT2D eigenvalue weighted by Crippen LogP contribution is -2.01. The summed E-state index contributed by atoms with van der Waals surface area (Å²) in [5.41, 5.74) is 1.41. The molecule has 0 spiro atoms. The van der Waals surface area contributed by atoms with E-state index in [2.05, 4.69) is 20.7 Å². The minimum atomic E-state index is -0.545. The molecule has 0 fully saturated rings. The second-order valence-corrected chi connectivity index (χ2v) is 4.61. The van der Waals surface area contributed by atoms with Gasteiger partial charge in [-0.3, -0.25) is 0 Å². The summed E-state index contributed by atoms with van der Waals surface area (Å²) in [6.07, 6.45) is 0. The number of hydrogen-bond donors (Lipinski definition) is 0. The molecule has 0 atom stereocenters. The van der Waals surface area contributed by atoms with E-state index in [1.54, 1.807) is 24.3 Å². The van der Waals surface area contributed by atoms with Crippen LogP contribution in [-0.2, 0) is 4.74 Å². The van der Waals surface area contributed by atoms with Crippen molar-refractivity contribution in [3.63, 3.8) is 0 Å². The van der Waals surface area contributed by atoms with Crippen molar-refractivity contribution in [3.8, 4) is 11.1 Å². The highest BCUT2D eigenvalue weighted by atomic mass is 79.9. The van der Waals surface area contributed by atoms with Crippen molar-refractivity contribution >= 4 is 21.9 Å². The molecule has 0 amide bonds. The Balaban J connectivity index is 2.41. The second-order valence-electron chi connectivity index (χ2n) is 3.69. The highest BCUT2D eigenvalue weighted by Crippen LogP contribution is 2.25. The van der Waals surface area contributed by atoms with Crippen LogP contribution in [0.3, 0.4) is 0 Å². The number of carbonyl (C=O) groups is 1. The largest absolute Gasteiger partial charge is 0.465 e. The topological polar surface area (TPSA) is 26.3 Å². The fraction of sp³-hybridized carbons (Fsp3) is 0.0714. The summed E-state index contributed by atoms with van der Waals surface area (Å²) in [6, 6.07) is 11.6. The van der Waals surface area contributed by atoms with Gasteiger partial charge in [-0.2, -0.15) is 0 Å². The third-order valence-electron chi connectivity index (χ3n) is 2.55. The summed E-state index contributed by atoms with van der Waals surface area (Å²) in [6.45, 7) is 0. The monoisotopic (exact) mass is 308 g/mol. The van der Waals surface area contributed by atoms with Crippen molar-refractivity contribution in [3.05, 3.63) is 58.3 Å². The average molecular weight is 309 g/mol. The molecule has 0 aromatic heterocycles. The Kier molecular flexibility index (Phi) is 3.77. The van der Waals surface area contributed by atoms with Gasteiger partial charge in [0.2, 0.25) is 0 Å². The molecule has 0 heterocycles. The highest BCUT2D eigenvalue weighted by Gasteiger charge is 2.10. The van der Waals surface area contributed by atoms with Crippen molar-refractivity contribution in [2.45, 2.75) is 0 Å². The molecule has 4 heteroatoms. The predicted octanol–water partition coefficient (Wildman–Crippen LogP) is 4.04. The van der Waals surface area contributed by atoms with Crippen LogP contribution in [0.25, 0.3) is 11.1 Å². The van der Waals surface area contributed by atoms with Gasteiger partial charge in [0.05, 0.1) is 12.7 Å². The molecule has 18 heavy (non-hydrogen) atoms. The molecule has 2 rings (SSSR count). The predicted molar refractivity (Wildman–Crippen MR) is 70.9 cm³/mol. The molecule has 0 unspecified atom stereocenters. The maximum atomic E-state index is 13.9. The third-order valence-corrected chi connectivity index (χ3v) is 3.07. The van der Waals surface area contributed by atoms with Crippen LogP contribution >= 0.6 is 15.9 Å². The first kappa shape index (κ1) is 12.8. The van der Waals surface area contributed by atoms with Crippen molar-refractivity contribution in [1.82, 2.24) is 0 Å². The molecule has 0 aliphatic rings. The van der Waals surface area contributed by atoms with Crippen molar-refractivity contribution in [2.75, 3.05) is 7.11 Å². The number of methoxy groups -OCH3 is 1. The van der Waals surface area contributed by atoms with Crippen LogP contribution in [-0.4, -0.2) is 13.1 Å². The summed E-state index contributed by atoms with van der Waals surface area (Å²) < 4.78 is 19.4. The van der Waals surface area contributed by atoms with Crippen molar-refractivity contribution in [2.24, 2.45) is 0 Å². The number of ether oxygens (including phenoxy) is 1. The standard InChI is InChI=1S/C14H10BrFO2/c1-18-14(17)10-4-7-12(13(16)8-10)9-2-5-11(15)6-3-9/h2-8H,1H3. The van der Waals surface area contributed by atoms with Crippen LogP contribution < -0.4 is 0 Å². The van der Waals surface area contributed by atoms with Gasteiger partial charge < -0.3 is 4.74 Å². The molecule has 0 saturated heterocycles. The van der Waals surface area contributed by atoms with Gasteiger partial charge in [-0.25, -0.2) is 9.18 Å². The first-order valence-corrected chi connectivity index (χ1v) is 6.05. The average Bonchev–Trinajstić information content (AvgIpc) is 2.39. The van der Waals surface area contributed by atoms with Gasteiger partial charge in [0, 0.05) is 10.0 Å². The Labute approximate surface area is 113 Å². The zero-order valence-electron chi connectivity index (χ0n) is 9.61. The van der Waals surface area contributed by atoms with E-state index in [9.17, 15) is 9.18 Å². The van der Waals surface area contributed by atoms with Gasteiger partial charge in [-0.1, -0.05) is 34.1 Å². The van der Waals surface area contributed by atoms with Crippen molar-refractivity contribution < 1.29 is 13.9 Å². The summed E-state index contributed by atoms with van der Waals surface area (Å²) in [5.74, 6) is -0.989. The molecular formula is C14H10BrFO2. The first-order chi connectivity index (χ1) is 8.61. The molecule has 0 aliphatic carbocycles. The summed E-state index contributed by atoms with van der Waals surface area (Å²) >= 11 is 3.32. The molecule has 0 bridgehead atoms. The minimum Gasteiger partial charge on any atom is -0.465 e. The molecule has 2 aromatic carbocycles. The first-order valence-electron chi connectivity index (χ1n) is 5.25. The van der Waals surface area contributed by atoms with E-state index in [0.717, 1.165) is 10.0 Å². The fourth-order valence-corrected chi connectivity index (χ4v) is 1.89. The summed E-state index contributed by atoms with van der Waals surface area (Å²) in [5, 5.41) is 0. The van der Waals surface area contributed by atoms with Gasteiger partial charge in [-0.15, -0.1) is 0 Å². The number of benzene rings is 2. The van der Waals surface area contributed by atoms with Gasteiger partial charge in [0.1, 0.15) is 5.82 Å². The Morgan fingerprint density at radius 3 is 2.39 bits per heavy atom. The molecular weight excluding hydrogens is 299 g/mol. The second kappa shape index (κ2) is 5.31. The molecule has 0 aliphatic heterocycles. The van der Waals surface area contributed by atoms with E-state index in [0.29, 0.717) is 5.56 Å². The van der Waals surface area contributed by atoms with Gasteiger partial charge in [0.15, 0.2) is 0 Å². The maximum absolute atomic E-state index is 13.9. The van der Waals surface area contributed by atoms with Gasteiger partial charge in [-0.05, 0) is 29.8 Å². The Hall–Kier alpha value is -1.68. The smallest absolute Gasteiger partial charge is 0.337 e. The number of carbonyl (C=O) groups excluding carboxylic acids is 1. The van der Waals surface area contributed by atoms with Gasteiger partial charge in [0.25, 0.3) is 0 Å². The van der Waals surface area contributed by atoms with Crippen LogP contribution in [0, 0.1) is 5.82 Å². The maximum Gasteiger partial charge on any atom is 0.337 e. The van der Waals surface area contributed by atoms with Gasteiger partial charge >= 0.3 is 5.97 Å². The normalized spacial score (nSPS) is 10.2.